The average molecular weight is 598 g/mol. The SMILES string of the molecule is CN(C)CCCOc1ccc(CC(=O)c2ccc3cc(C(=O)Nc4ccc(OCCCN(C)C)cc4N)ccc3c2)c(N)c1. The Morgan fingerprint density at radius 3 is 1.80 bits per heavy atom. The molecule has 0 heterocycles. The van der Waals surface area contributed by atoms with Gasteiger partial charge in [0.1, 0.15) is 11.5 Å². The zero-order valence-corrected chi connectivity index (χ0v) is 26.1. The number of nitrogens with zero attached hydrogens (tertiary/aromatic N) is 2. The number of ether oxygens (including phenoxy) is 2. The van der Waals surface area contributed by atoms with E-state index in [9.17, 15) is 9.59 Å². The van der Waals surface area contributed by atoms with Crippen LogP contribution in [0.2, 0.25) is 0 Å². The number of hydrogen-bond donors (Lipinski definition) is 3. The second-order valence-electron chi connectivity index (χ2n) is 11.5. The van der Waals surface area contributed by atoms with Crippen molar-refractivity contribution in [1.29, 1.82) is 0 Å². The molecule has 0 saturated heterocycles. The van der Waals surface area contributed by atoms with E-state index in [2.05, 4.69) is 15.1 Å². The molecule has 9 heteroatoms. The van der Waals surface area contributed by atoms with E-state index in [0.29, 0.717) is 52.9 Å². The summed E-state index contributed by atoms with van der Waals surface area (Å²) in [5.74, 6) is 1.04. The fraction of sp³-hybridized carbons (Fsp3) is 0.314. The molecule has 0 fully saturated rings. The maximum Gasteiger partial charge on any atom is 0.255 e. The second kappa shape index (κ2) is 15.2. The topological polar surface area (TPSA) is 123 Å². The Hall–Kier alpha value is -4.60. The quantitative estimate of drug-likeness (QED) is 0.0953. The van der Waals surface area contributed by atoms with Gasteiger partial charge in [-0.1, -0.05) is 24.3 Å². The summed E-state index contributed by atoms with van der Waals surface area (Å²) in [5, 5.41) is 4.59. The second-order valence-corrected chi connectivity index (χ2v) is 11.5. The van der Waals surface area contributed by atoms with Crippen molar-refractivity contribution in [3.63, 3.8) is 0 Å². The van der Waals surface area contributed by atoms with Crippen LogP contribution in [-0.4, -0.2) is 76.0 Å². The molecule has 1 amide bonds. The zero-order chi connectivity index (χ0) is 31.6. The monoisotopic (exact) mass is 597 g/mol. The number of carbonyl (C=O) groups is 2. The van der Waals surface area contributed by atoms with Crippen LogP contribution >= 0.6 is 0 Å². The van der Waals surface area contributed by atoms with Gasteiger partial charge in [0.2, 0.25) is 0 Å². The maximum atomic E-state index is 13.1. The molecule has 4 rings (SSSR count). The third kappa shape index (κ3) is 9.20. The Morgan fingerprint density at radius 1 is 0.682 bits per heavy atom. The third-order valence-electron chi connectivity index (χ3n) is 7.20. The van der Waals surface area contributed by atoms with E-state index in [0.717, 1.165) is 42.3 Å². The molecular weight excluding hydrogens is 554 g/mol. The van der Waals surface area contributed by atoms with Crippen LogP contribution in [0.15, 0.2) is 72.8 Å². The number of carbonyl (C=O) groups excluding carboxylic acids is 2. The van der Waals surface area contributed by atoms with Gasteiger partial charge < -0.3 is 36.1 Å². The van der Waals surface area contributed by atoms with E-state index in [1.54, 1.807) is 42.5 Å². The number of fused-ring (bicyclic) bond motifs is 1. The molecule has 4 aromatic carbocycles. The first kappa shape index (κ1) is 32.3. The van der Waals surface area contributed by atoms with Crippen LogP contribution < -0.4 is 26.3 Å². The van der Waals surface area contributed by atoms with Gasteiger partial charge in [0.15, 0.2) is 5.78 Å². The summed E-state index contributed by atoms with van der Waals surface area (Å²) in [6.45, 7) is 3.07. The Balaban J connectivity index is 1.35. The van der Waals surface area contributed by atoms with Gasteiger partial charge in [-0.25, -0.2) is 0 Å². The van der Waals surface area contributed by atoms with E-state index in [1.165, 1.54) is 0 Å². The van der Waals surface area contributed by atoms with Crippen molar-refractivity contribution in [2.45, 2.75) is 19.3 Å². The van der Waals surface area contributed by atoms with Gasteiger partial charge >= 0.3 is 0 Å². The highest BCUT2D eigenvalue weighted by atomic mass is 16.5. The molecule has 0 unspecified atom stereocenters. The molecular formula is C35H43N5O4. The van der Waals surface area contributed by atoms with Crippen LogP contribution in [0.5, 0.6) is 11.5 Å². The summed E-state index contributed by atoms with van der Waals surface area (Å²) in [6, 6.07) is 21.6. The van der Waals surface area contributed by atoms with Gasteiger partial charge in [0.05, 0.1) is 24.6 Å². The van der Waals surface area contributed by atoms with Gasteiger partial charge in [-0.3, -0.25) is 9.59 Å². The van der Waals surface area contributed by atoms with Crippen molar-refractivity contribution in [3.8, 4) is 11.5 Å². The summed E-state index contributed by atoms with van der Waals surface area (Å²) in [5.41, 5.74) is 15.7. The molecule has 0 saturated carbocycles. The van der Waals surface area contributed by atoms with E-state index >= 15 is 0 Å². The summed E-state index contributed by atoms with van der Waals surface area (Å²) in [4.78, 5) is 30.4. The maximum absolute atomic E-state index is 13.1. The van der Waals surface area contributed by atoms with E-state index < -0.39 is 0 Å². The summed E-state index contributed by atoms with van der Waals surface area (Å²) >= 11 is 0. The number of nitrogens with one attached hydrogen (secondary N) is 1. The Labute approximate surface area is 259 Å². The van der Waals surface area contributed by atoms with Crippen LogP contribution in [0, 0.1) is 0 Å². The smallest absolute Gasteiger partial charge is 0.255 e. The highest BCUT2D eigenvalue weighted by Gasteiger charge is 2.13. The number of amides is 1. The third-order valence-corrected chi connectivity index (χ3v) is 7.20. The van der Waals surface area contributed by atoms with Crippen molar-refractivity contribution in [2.75, 3.05) is 71.3 Å². The summed E-state index contributed by atoms with van der Waals surface area (Å²) in [6.07, 6.45) is 2.00. The molecule has 0 aromatic heterocycles. The van der Waals surface area contributed by atoms with Crippen LogP contribution in [0.3, 0.4) is 0 Å². The van der Waals surface area contributed by atoms with E-state index in [4.69, 9.17) is 20.9 Å². The molecule has 0 atom stereocenters. The number of hydrogen-bond acceptors (Lipinski definition) is 8. The van der Waals surface area contributed by atoms with Gasteiger partial charge in [0, 0.05) is 48.5 Å². The van der Waals surface area contributed by atoms with E-state index in [-0.39, 0.29) is 18.1 Å². The molecule has 4 aromatic rings. The predicted octanol–water partition coefficient (Wildman–Crippen LogP) is 5.34. The molecule has 0 radical (unpaired) electrons. The zero-order valence-electron chi connectivity index (χ0n) is 26.1. The van der Waals surface area contributed by atoms with Crippen LogP contribution in [0.25, 0.3) is 10.8 Å². The van der Waals surface area contributed by atoms with Gasteiger partial charge in [-0.05, 0) is 93.8 Å². The first-order valence-electron chi connectivity index (χ1n) is 14.8. The standard InChI is InChI=1S/C35H43N5O4/c1-39(2)15-5-17-43-29-12-11-26(31(36)22-29)21-34(41)27-9-7-25-20-28(10-8-24(25)19-27)35(42)38-33-14-13-30(23-32(33)37)44-18-6-16-40(3)4/h7-14,19-20,22-23H,5-6,15-18,21,36-37H2,1-4H3,(H,38,42). The average Bonchev–Trinajstić information content (AvgIpc) is 2.99. The highest BCUT2D eigenvalue weighted by Crippen LogP contribution is 2.27. The lowest BCUT2D eigenvalue weighted by Crippen LogP contribution is -2.15. The number of benzene rings is 4. The van der Waals surface area contributed by atoms with Crippen molar-refractivity contribution >= 4 is 39.5 Å². The van der Waals surface area contributed by atoms with Gasteiger partial charge in [0.25, 0.3) is 5.91 Å². The molecule has 0 aliphatic rings. The molecule has 44 heavy (non-hydrogen) atoms. The van der Waals surface area contributed by atoms with Crippen molar-refractivity contribution in [1.82, 2.24) is 9.80 Å². The van der Waals surface area contributed by atoms with Crippen molar-refractivity contribution < 1.29 is 19.1 Å². The summed E-state index contributed by atoms with van der Waals surface area (Å²) in [7, 11) is 8.10. The minimum absolute atomic E-state index is 0.0410. The van der Waals surface area contributed by atoms with Gasteiger partial charge in [-0.2, -0.15) is 0 Å². The van der Waals surface area contributed by atoms with E-state index in [1.807, 2.05) is 58.5 Å². The van der Waals surface area contributed by atoms with Crippen LogP contribution in [0.4, 0.5) is 17.1 Å². The predicted molar refractivity (Wildman–Crippen MR) is 179 cm³/mol. The summed E-state index contributed by atoms with van der Waals surface area (Å²) < 4.78 is 11.6. The lowest BCUT2D eigenvalue weighted by atomic mass is 9.98. The number of ketones is 1. The van der Waals surface area contributed by atoms with Crippen LogP contribution in [0.1, 0.15) is 39.1 Å². The molecule has 5 N–H and O–H groups in total. The van der Waals surface area contributed by atoms with Crippen molar-refractivity contribution in [3.05, 3.63) is 89.5 Å². The minimum atomic E-state index is -0.279. The lowest BCUT2D eigenvalue weighted by molar-refractivity contribution is 0.0991. The minimum Gasteiger partial charge on any atom is -0.493 e. The number of rotatable bonds is 15. The molecule has 0 spiro atoms. The number of anilines is 3. The molecule has 232 valence electrons. The normalized spacial score (nSPS) is 11.2. The molecule has 0 bridgehead atoms. The fourth-order valence-corrected chi connectivity index (χ4v) is 4.74. The Bertz CT molecular complexity index is 1480. The van der Waals surface area contributed by atoms with Crippen molar-refractivity contribution in [2.24, 2.45) is 0 Å². The highest BCUT2D eigenvalue weighted by molar-refractivity contribution is 6.08. The number of nitrogen functional groups attached to an aromatic ring is 2. The Morgan fingerprint density at radius 2 is 1.23 bits per heavy atom. The number of Topliss-reactive ketones (excluding diaryl/α,β-unsaturated/α-hetero) is 1. The lowest BCUT2D eigenvalue weighted by Gasteiger charge is -2.13. The largest absolute Gasteiger partial charge is 0.493 e. The molecule has 0 aliphatic heterocycles. The Kier molecular flexibility index (Phi) is 11.2. The first-order valence-corrected chi connectivity index (χ1v) is 14.8. The number of nitrogens with two attached hydrogens (primary N) is 2. The first-order chi connectivity index (χ1) is 21.1. The fourth-order valence-electron chi connectivity index (χ4n) is 4.74. The molecule has 9 nitrogen and oxygen atoms in total. The van der Waals surface area contributed by atoms with Crippen LogP contribution in [-0.2, 0) is 6.42 Å². The van der Waals surface area contributed by atoms with Gasteiger partial charge in [-0.15, -0.1) is 0 Å². The molecule has 0 aliphatic carbocycles.